The number of anilines is 1. The summed E-state index contributed by atoms with van der Waals surface area (Å²) in [6.07, 6.45) is 2.86. The Balaban J connectivity index is 1.99. The van der Waals surface area contributed by atoms with Crippen LogP contribution in [0, 0.1) is 0 Å². The largest absolute Gasteiger partial charge is 0.383 e. The van der Waals surface area contributed by atoms with E-state index < -0.39 is 10.0 Å². The molecular weight excluding hydrogens is 440 g/mol. The number of nitrogens with zero attached hydrogens (tertiary/aromatic N) is 3. The van der Waals surface area contributed by atoms with Crippen LogP contribution in [0.3, 0.4) is 0 Å². The van der Waals surface area contributed by atoms with Gasteiger partial charge in [-0.2, -0.15) is 8.42 Å². The molecule has 3 rings (SSSR count). The van der Waals surface area contributed by atoms with Crippen molar-refractivity contribution in [1.29, 1.82) is 0 Å². The first-order chi connectivity index (χ1) is 14.8. The van der Waals surface area contributed by atoms with Gasteiger partial charge in [-0.05, 0) is 35.9 Å². The summed E-state index contributed by atoms with van der Waals surface area (Å²) < 4.78 is 34.6. The standard InChI is InChI=1S/C21H23ClN4O4S/c1-25-14-20(24-15-25)31(28,29)26(13-16-6-8-18(22)9-7-16)19-5-3-4-17(12-19)21(27)23-10-11-30-2/h3-9,12,14-15H,10-11,13H2,1-2H3,(H,23,27). The summed E-state index contributed by atoms with van der Waals surface area (Å²) in [5.74, 6) is -0.319. The lowest BCUT2D eigenvalue weighted by atomic mass is 10.1. The molecule has 1 heterocycles. The topological polar surface area (TPSA) is 93.5 Å². The summed E-state index contributed by atoms with van der Waals surface area (Å²) in [6.45, 7) is 0.771. The van der Waals surface area contributed by atoms with Crippen LogP contribution in [0.25, 0.3) is 0 Å². The molecule has 0 bridgehead atoms. The van der Waals surface area contributed by atoms with Crippen LogP contribution in [0.1, 0.15) is 15.9 Å². The van der Waals surface area contributed by atoms with Gasteiger partial charge in [-0.15, -0.1) is 0 Å². The Hall–Kier alpha value is -2.88. The van der Waals surface area contributed by atoms with Gasteiger partial charge in [0.05, 0.1) is 25.2 Å². The van der Waals surface area contributed by atoms with E-state index in [2.05, 4.69) is 10.3 Å². The normalized spacial score (nSPS) is 11.3. The summed E-state index contributed by atoms with van der Waals surface area (Å²) in [5, 5.41) is 3.20. The highest BCUT2D eigenvalue weighted by Crippen LogP contribution is 2.26. The number of aromatic nitrogens is 2. The van der Waals surface area contributed by atoms with Crippen molar-refractivity contribution in [2.45, 2.75) is 11.6 Å². The summed E-state index contributed by atoms with van der Waals surface area (Å²) in [5.41, 5.74) is 1.42. The van der Waals surface area contributed by atoms with Crippen molar-refractivity contribution in [3.05, 3.63) is 77.2 Å². The van der Waals surface area contributed by atoms with Gasteiger partial charge in [0.1, 0.15) is 0 Å². The SMILES string of the molecule is COCCNC(=O)c1cccc(N(Cc2ccc(Cl)cc2)S(=O)(=O)c2cn(C)cn2)c1. The average molecular weight is 463 g/mol. The monoisotopic (exact) mass is 462 g/mol. The Morgan fingerprint density at radius 1 is 1.23 bits per heavy atom. The molecule has 1 amide bonds. The molecule has 1 aromatic heterocycles. The van der Waals surface area contributed by atoms with Gasteiger partial charge in [-0.1, -0.05) is 29.8 Å². The maximum Gasteiger partial charge on any atom is 0.283 e. The summed E-state index contributed by atoms with van der Waals surface area (Å²) in [6, 6.07) is 13.4. The molecule has 0 aliphatic heterocycles. The number of ether oxygens (including phenoxy) is 1. The van der Waals surface area contributed by atoms with E-state index >= 15 is 0 Å². The second-order valence-corrected chi connectivity index (χ2v) is 9.06. The van der Waals surface area contributed by atoms with Crippen LogP contribution in [0.15, 0.2) is 66.1 Å². The molecule has 2 aromatic carbocycles. The van der Waals surface area contributed by atoms with Crippen LogP contribution < -0.4 is 9.62 Å². The smallest absolute Gasteiger partial charge is 0.283 e. The number of hydrogen-bond acceptors (Lipinski definition) is 5. The highest BCUT2D eigenvalue weighted by atomic mass is 35.5. The van der Waals surface area contributed by atoms with E-state index in [-0.39, 0.29) is 17.5 Å². The minimum atomic E-state index is -3.99. The van der Waals surface area contributed by atoms with E-state index in [4.69, 9.17) is 16.3 Å². The molecule has 31 heavy (non-hydrogen) atoms. The zero-order valence-corrected chi connectivity index (χ0v) is 18.7. The van der Waals surface area contributed by atoms with Crippen LogP contribution in [0.4, 0.5) is 5.69 Å². The number of sulfonamides is 1. The third-order valence-electron chi connectivity index (χ3n) is 4.46. The Kier molecular flexibility index (Phi) is 7.32. The minimum Gasteiger partial charge on any atom is -0.383 e. The van der Waals surface area contributed by atoms with Crippen LogP contribution in [0.2, 0.25) is 5.02 Å². The maximum absolute atomic E-state index is 13.4. The number of aryl methyl sites for hydroxylation is 1. The fourth-order valence-electron chi connectivity index (χ4n) is 2.88. The number of rotatable bonds is 9. The number of carbonyl (C=O) groups is 1. The van der Waals surface area contributed by atoms with Crippen LogP contribution >= 0.6 is 11.6 Å². The molecule has 164 valence electrons. The minimum absolute atomic E-state index is 0.0465. The van der Waals surface area contributed by atoms with Gasteiger partial charge in [0.15, 0.2) is 5.03 Å². The van der Waals surface area contributed by atoms with Crippen molar-refractivity contribution in [1.82, 2.24) is 14.9 Å². The molecule has 1 N–H and O–H groups in total. The number of halogens is 1. The van der Waals surface area contributed by atoms with Crippen molar-refractivity contribution in [3.8, 4) is 0 Å². The van der Waals surface area contributed by atoms with E-state index in [0.717, 1.165) is 5.56 Å². The molecular formula is C21H23ClN4O4S. The van der Waals surface area contributed by atoms with Gasteiger partial charge in [0, 0.05) is 37.5 Å². The summed E-state index contributed by atoms with van der Waals surface area (Å²) >= 11 is 5.96. The van der Waals surface area contributed by atoms with E-state index in [1.165, 1.54) is 16.8 Å². The Morgan fingerprint density at radius 3 is 2.61 bits per heavy atom. The molecule has 0 fully saturated rings. The number of benzene rings is 2. The number of nitrogens with one attached hydrogen (secondary N) is 1. The van der Waals surface area contributed by atoms with Gasteiger partial charge in [0.2, 0.25) is 0 Å². The maximum atomic E-state index is 13.4. The lowest BCUT2D eigenvalue weighted by molar-refractivity contribution is 0.0937. The molecule has 0 spiro atoms. The van der Waals surface area contributed by atoms with Crippen molar-refractivity contribution in [2.75, 3.05) is 24.6 Å². The third kappa shape index (κ3) is 5.63. The summed E-state index contributed by atoms with van der Waals surface area (Å²) in [7, 11) is -0.748. The molecule has 0 atom stereocenters. The second kappa shape index (κ2) is 9.95. The predicted molar refractivity (Wildman–Crippen MR) is 119 cm³/mol. The number of imidazole rings is 1. The zero-order chi connectivity index (χ0) is 22.4. The molecule has 0 radical (unpaired) electrons. The van der Waals surface area contributed by atoms with E-state index in [1.54, 1.807) is 67.3 Å². The van der Waals surface area contributed by atoms with E-state index in [9.17, 15) is 13.2 Å². The quantitative estimate of drug-likeness (QED) is 0.493. The van der Waals surface area contributed by atoms with E-state index in [0.29, 0.717) is 29.4 Å². The van der Waals surface area contributed by atoms with Crippen LogP contribution in [0.5, 0.6) is 0 Å². The van der Waals surface area contributed by atoms with Gasteiger partial charge in [-0.3, -0.25) is 9.10 Å². The van der Waals surface area contributed by atoms with Gasteiger partial charge >= 0.3 is 0 Å². The number of methoxy groups -OCH3 is 1. The number of carbonyl (C=O) groups excluding carboxylic acids is 1. The number of hydrogen-bond donors (Lipinski definition) is 1. The fourth-order valence-corrected chi connectivity index (χ4v) is 4.42. The molecule has 0 aliphatic carbocycles. The Labute approximate surface area is 186 Å². The third-order valence-corrected chi connectivity index (χ3v) is 6.37. The molecule has 0 saturated heterocycles. The average Bonchev–Trinajstić information content (AvgIpc) is 3.20. The van der Waals surface area contributed by atoms with Crippen molar-refractivity contribution < 1.29 is 17.9 Å². The first kappa shape index (κ1) is 22.8. The molecule has 0 saturated carbocycles. The molecule has 10 heteroatoms. The lowest BCUT2D eigenvalue weighted by Crippen LogP contribution is -2.31. The van der Waals surface area contributed by atoms with Crippen LogP contribution in [-0.4, -0.2) is 44.1 Å². The summed E-state index contributed by atoms with van der Waals surface area (Å²) in [4.78, 5) is 16.5. The van der Waals surface area contributed by atoms with Crippen molar-refractivity contribution in [2.24, 2.45) is 7.05 Å². The van der Waals surface area contributed by atoms with Crippen LogP contribution in [-0.2, 0) is 28.4 Å². The highest BCUT2D eigenvalue weighted by molar-refractivity contribution is 7.92. The first-order valence-corrected chi connectivity index (χ1v) is 11.3. The fraction of sp³-hybridized carbons (Fsp3) is 0.238. The molecule has 0 aliphatic rings. The Bertz CT molecular complexity index is 1150. The molecule has 8 nitrogen and oxygen atoms in total. The van der Waals surface area contributed by atoms with Gasteiger partial charge < -0.3 is 14.6 Å². The highest BCUT2D eigenvalue weighted by Gasteiger charge is 2.28. The van der Waals surface area contributed by atoms with Gasteiger partial charge in [-0.25, -0.2) is 4.98 Å². The Morgan fingerprint density at radius 2 is 1.97 bits per heavy atom. The molecule has 0 unspecified atom stereocenters. The second-order valence-electron chi connectivity index (χ2n) is 6.81. The zero-order valence-electron chi connectivity index (χ0n) is 17.2. The first-order valence-electron chi connectivity index (χ1n) is 9.43. The van der Waals surface area contributed by atoms with Gasteiger partial charge in [0.25, 0.3) is 15.9 Å². The number of amides is 1. The van der Waals surface area contributed by atoms with Crippen molar-refractivity contribution in [3.63, 3.8) is 0 Å². The van der Waals surface area contributed by atoms with Crippen molar-refractivity contribution >= 4 is 33.2 Å². The molecule has 3 aromatic rings. The predicted octanol–water partition coefficient (Wildman–Crippen LogP) is 2.85. The lowest BCUT2D eigenvalue weighted by Gasteiger charge is -2.24. The van der Waals surface area contributed by atoms with E-state index in [1.807, 2.05) is 0 Å².